The van der Waals surface area contributed by atoms with Crippen molar-refractivity contribution in [2.45, 2.75) is 44.6 Å². The summed E-state index contributed by atoms with van der Waals surface area (Å²) in [6.45, 7) is 3.42. The monoisotopic (exact) mass is 330 g/mol. The third-order valence-electron chi connectivity index (χ3n) is 5.72. The van der Waals surface area contributed by atoms with E-state index in [1.807, 2.05) is 6.07 Å². The molecule has 0 spiro atoms. The Labute approximate surface area is 143 Å². The number of piperidine rings is 1. The van der Waals surface area contributed by atoms with Crippen LogP contribution in [0.25, 0.3) is 0 Å². The zero-order valence-corrected chi connectivity index (χ0v) is 14.1. The molecule has 1 N–H and O–H groups in total. The van der Waals surface area contributed by atoms with Crippen LogP contribution >= 0.6 is 0 Å². The molecule has 0 aromatic carbocycles. The number of carbonyl (C=O) groups is 1. The van der Waals surface area contributed by atoms with Gasteiger partial charge in [0.25, 0.3) is 0 Å². The van der Waals surface area contributed by atoms with Gasteiger partial charge in [-0.05, 0) is 44.1 Å². The molecule has 0 unspecified atom stereocenters. The molecule has 1 aromatic heterocycles. The minimum absolute atomic E-state index is 0.115. The van der Waals surface area contributed by atoms with Crippen molar-refractivity contribution in [3.8, 4) is 0 Å². The molecule has 1 aromatic rings. The lowest BCUT2D eigenvalue weighted by atomic mass is 9.74. The summed E-state index contributed by atoms with van der Waals surface area (Å²) in [7, 11) is 0. The highest BCUT2D eigenvalue weighted by atomic mass is 16.5. The maximum Gasteiger partial charge on any atom is 0.225 e. The van der Waals surface area contributed by atoms with Crippen molar-refractivity contribution in [2.75, 3.05) is 31.1 Å². The minimum Gasteiger partial charge on any atom is -0.377 e. The molecule has 24 heavy (non-hydrogen) atoms. The van der Waals surface area contributed by atoms with Crippen molar-refractivity contribution in [2.24, 2.45) is 11.3 Å². The van der Waals surface area contributed by atoms with Crippen LogP contribution in [0.4, 0.5) is 5.95 Å². The van der Waals surface area contributed by atoms with E-state index in [4.69, 9.17) is 4.74 Å². The molecule has 1 amide bonds. The molecule has 2 atom stereocenters. The fraction of sp³-hybridized carbons (Fsp3) is 0.722. The zero-order valence-electron chi connectivity index (χ0n) is 14.1. The van der Waals surface area contributed by atoms with Crippen LogP contribution in [0.3, 0.4) is 0 Å². The normalized spacial score (nSPS) is 29.3. The highest BCUT2D eigenvalue weighted by Crippen LogP contribution is 2.44. The number of anilines is 1. The molecular weight excluding hydrogens is 304 g/mol. The smallest absolute Gasteiger partial charge is 0.225 e. The quantitative estimate of drug-likeness (QED) is 0.861. The molecule has 0 radical (unpaired) electrons. The molecule has 2 aliphatic heterocycles. The Kier molecular flexibility index (Phi) is 4.39. The first kappa shape index (κ1) is 15.8. The first-order valence-corrected chi connectivity index (χ1v) is 9.15. The van der Waals surface area contributed by atoms with Crippen molar-refractivity contribution >= 4 is 11.9 Å². The molecule has 3 aliphatic rings. The van der Waals surface area contributed by atoms with Gasteiger partial charge in [-0.1, -0.05) is 0 Å². The molecule has 1 aliphatic carbocycles. The summed E-state index contributed by atoms with van der Waals surface area (Å²) in [5, 5.41) is 3.12. The van der Waals surface area contributed by atoms with E-state index in [0.717, 1.165) is 51.5 Å². The second kappa shape index (κ2) is 6.67. The first-order valence-electron chi connectivity index (χ1n) is 9.15. The van der Waals surface area contributed by atoms with Gasteiger partial charge < -0.3 is 15.0 Å². The Bertz CT molecular complexity index is 578. The van der Waals surface area contributed by atoms with Crippen LogP contribution in [0.2, 0.25) is 0 Å². The van der Waals surface area contributed by atoms with E-state index in [2.05, 4.69) is 20.2 Å². The standard InChI is InChI=1S/C18H26N4O2/c23-16(12-14-2-3-14)19-9-5-18-6-11-24-15(18)4-10-22(13-18)17-20-7-1-8-21-17/h1,7-8,14-15H,2-6,9-13H2,(H,19,23)/t15-,18+/m0/s1. The van der Waals surface area contributed by atoms with Gasteiger partial charge in [-0.2, -0.15) is 0 Å². The summed E-state index contributed by atoms with van der Waals surface area (Å²) in [6.07, 6.45) is 10.1. The SMILES string of the molecule is O=C(CC1CC1)NCC[C@]12CCO[C@H]1CCN(c1ncccn1)C2. The summed E-state index contributed by atoms with van der Waals surface area (Å²) in [6, 6.07) is 1.85. The topological polar surface area (TPSA) is 67.3 Å². The van der Waals surface area contributed by atoms with Crippen LogP contribution in [0.1, 0.15) is 38.5 Å². The number of ether oxygens (including phenoxy) is 1. The van der Waals surface area contributed by atoms with E-state index in [1.54, 1.807) is 12.4 Å². The Morgan fingerprint density at radius 1 is 1.33 bits per heavy atom. The summed E-state index contributed by atoms with van der Waals surface area (Å²) in [5.41, 5.74) is 0.115. The fourth-order valence-corrected chi connectivity index (χ4v) is 4.14. The van der Waals surface area contributed by atoms with Gasteiger partial charge in [0, 0.05) is 50.5 Å². The van der Waals surface area contributed by atoms with E-state index in [1.165, 1.54) is 12.8 Å². The Hall–Kier alpha value is -1.69. The third-order valence-corrected chi connectivity index (χ3v) is 5.72. The van der Waals surface area contributed by atoms with Crippen molar-refractivity contribution in [1.82, 2.24) is 15.3 Å². The minimum atomic E-state index is 0.115. The summed E-state index contributed by atoms with van der Waals surface area (Å²) in [4.78, 5) is 23.0. The van der Waals surface area contributed by atoms with Gasteiger partial charge in [-0.25, -0.2) is 9.97 Å². The van der Waals surface area contributed by atoms with Crippen molar-refractivity contribution in [3.63, 3.8) is 0 Å². The predicted molar refractivity (Wildman–Crippen MR) is 90.6 cm³/mol. The fourth-order valence-electron chi connectivity index (χ4n) is 4.14. The lowest BCUT2D eigenvalue weighted by molar-refractivity contribution is -0.121. The first-order chi connectivity index (χ1) is 11.8. The van der Waals surface area contributed by atoms with Crippen LogP contribution in [0.5, 0.6) is 0 Å². The van der Waals surface area contributed by atoms with E-state index < -0.39 is 0 Å². The summed E-state index contributed by atoms with van der Waals surface area (Å²) in [5.74, 6) is 1.66. The third kappa shape index (κ3) is 3.38. The van der Waals surface area contributed by atoms with E-state index in [9.17, 15) is 4.79 Å². The number of aromatic nitrogens is 2. The van der Waals surface area contributed by atoms with Crippen LogP contribution < -0.4 is 10.2 Å². The lowest BCUT2D eigenvalue weighted by Gasteiger charge is -2.43. The van der Waals surface area contributed by atoms with Gasteiger partial charge in [0.1, 0.15) is 0 Å². The van der Waals surface area contributed by atoms with Crippen molar-refractivity contribution in [1.29, 1.82) is 0 Å². The maximum atomic E-state index is 11.9. The molecule has 0 bridgehead atoms. The molecule has 4 rings (SSSR count). The average molecular weight is 330 g/mol. The number of hydrogen-bond acceptors (Lipinski definition) is 5. The molecule has 3 heterocycles. The number of nitrogens with zero attached hydrogens (tertiary/aromatic N) is 3. The molecule has 6 nitrogen and oxygen atoms in total. The maximum absolute atomic E-state index is 11.9. The average Bonchev–Trinajstić information content (AvgIpc) is 3.31. The predicted octanol–water partition coefficient (Wildman–Crippen LogP) is 1.77. The van der Waals surface area contributed by atoms with Gasteiger partial charge in [-0.3, -0.25) is 4.79 Å². The Morgan fingerprint density at radius 3 is 2.96 bits per heavy atom. The van der Waals surface area contributed by atoms with E-state index in [-0.39, 0.29) is 11.3 Å². The largest absolute Gasteiger partial charge is 0.377 e. The lowest BCUT2D eigenvalue weighted by Crippen LogP contribution is -2.51. The molecular formula is C18H26N4O2. The van der Waals surface area contributed by atoms with Gasteiger partial charge in [0.15, 0.2) is 0 Å². The second-order valence-corrected chi connectivity index (χ2v) is 7.48. The molecule has 6 heteroatoms. The van der Waals surface area contributed by atoms with Gasteiger partial charge in [0.05, 0.1) is 6.10 Å². The molecule has 130 valence electrons. The van der Waals surface area contributed by atoms with Crippen LogP contribution in [0.15, 0.2) is 18.5 Å². The van der Waals surface area contributed by atoms with Crippen LogP contribution in [-0.4, -0.2) is 48.2 Å². The van der Waals surface area contributed by atoms with Gasteiger partial charge in [-0.15, -0.1) is 0 Å². The number of rotatable bonds is 6. The van der Waals surface area contributed by atoms with E-state index in [0.29, 0.717) is 18.4 Å². The summed E-state index contributed by atoms with van der Waals surface area (Å²) >= 11 is 0. The Balaban J connectivity index is 1.37. The molecule has 1 saturated carbocycles. The number of hydrogen-bond donors (Lipinski definition) is 1. The number of amides is 1. The van der Waals surface area contributed by atoms with Crippen LogP contribution in [0, 0.1) is 11.3 Å². The van der Waals surface area contributed by atoms with Gasteiger partial charge in [0.2, 0.25) is 11.9 Å². The number of nitrogens with one attached hydrogen (secondary N) is 1. The molecule has 2 saturated heterocycles. The number of fused-ring (bicyclic) bond motifs is 1. The number of carbonyl (C=O) groups excluding carboxylic acids is 1. The van der Waals surface area contributed by atoms with E-state index >= 15 is 0 Å². The Morgan fingerprint density at radius 2 is 2.17 bits per heavy atom. The second-order valence-electron chi connectivity index (χ2n) is 7.48. The highest BCUT2D eigenvalue weighted by Gasteiger charge is 2.47. The molecule has 3 fully saturated rings. The van der Waals surface area contributed by atoms with Crippen molar-refractivity contribution in [3.05, 3.63) is 18.5 Å². The van der Waals surface area contributed by atoms with Gasteiger partial charge >= 0.3 is 0 Å². The summed E-state index contributed by atoms with van der Waals surface area (Å²) < 4.78 is 6.00. The van der Waals surface area contributed by atoms with Crippen LogP contribution in [-0.2, 0) is 9.53 Å². The van der Waals surface area contributed by atoms with Crippen molar-refractivity contribution < 1.29 is 9.53 Å². The zero-order chi connectivity index (χ0) is 16.4. The highest BCUT2D eigenvalue weighted by molar-refractivity contribution is 5.76.